The molecule has 1 heterocycles. The van der Waals surface area contributed by atoms with Crippen LogP contribution in [-0.4, -0.2) is 14.9 Å². The smallest absolute Gasteiger partial charge is 0.302 e. The van der Waals surface area contributed by atoms with Crippen molar-refractivity contribution < 1.29 is 0 Å². The Hall–Kier alpha value is -0.640. The second-order valence-corrected chi connectivity index (χ2v) is 5.45. The van der Waals surface area contributed by atoms with E-state index in [1.54, 1.807) is 22.4 Å². The Morgan fingerprint density at radius 3 is 2.33 bits per heavy atom. The zero-order chi connectivity index (χ0) is 11.6. The minimum atomic E-state index is 0.0473. The summed E-state index contributed by atoms with van der Waals surface area (Å²) < 4.78 is 3.35. The zero-order valence-electron chi connectivity index (χ0n) is 9.90. The summed E-state index contributed by atoms with van der Waals surface area (Å²) >= 11 is 4.36. The SMILES string of the molecule is Cn1ccn(CC(CS)C(C)(C)C)c1=O. The second kappa shape index (κ2) is 4.47. The Bertz CT molecular complexity index is 373. The molecule has 0 radical (unpaired) electrons. The molecule has 0 N–H and O–H groups in total. The highest BCUT2D eigenvalue weighted by molar-refractivity contribution is 7.80. The first kappa shape index (κ1) is 12.4. The van der Waals surface area contributed by atoms with Crippen molar-refractivity contribution in [3.8, 4) is 0 Å². The van der Waals surface area contributed by atoms with Gasteiger partial charge in [-0.05, 0) is 17.1 Å². The van der Waals surface area contributed by atoms with E-state index in [2.05, 4.69) is 33.4 Å². The molecule has 1 aromatic heterocycles. The molecule has 15 heavy (non-hydrogen) atoms. The van der Waals surface area contributed by atoms with Crippen LogP contribution in [0.1, 0.15) is 20.8 Å². The van der Waals surface area contributed by atoms with Crippen molar-refractivity contribution in [1.29, 1.82) is 0 Å². The van der Waals surface area contributed by atoms with Crippen LogP contribution in [0.25, 0.3) is 0 Å². The summed E-state index contributed by atoms with van der Waals surface area (Å²) in [6, 6.07) is 0. The highest BCUT2D eigenvalue weighted by Gasteiger charge is 2.24. The number of imidazole rings is 1. The van der Waals surface area contributed by atoms with Gasteiger partial charge in [0.05, 0.1) is 0 Å². The molecule has 1 unspecified atom stereocenters. The topological polar surface area (TPSA) is 26.9 Å². The summed E-state index contributed by atoms with van der Waals surface area (Å²) in [6.45, 7) is 7.29. The van der Waals surface area contributed by atoms with Crippen molar-refractivity contribution in [2.45, 2.75) is 27.3 Å². The highest BCUT2D eigenvalue weighted by atomic mass is 32.1. The van der Waals surface area contributed by atoms with E-state index >= 15 is 0 Å². The lowest BCUT2D eigenvalue weighted by Gasteiger charge is -2.29. The quantitative estimate of drug-likeness (QED) is 0.784. The van der Waals surface area contributed by atoms with Crippen molar-refractivity contribution in [1.82, 2.24) is 9.13 Å². The van der Waals surface area contributed by atoms with Crippen molar-refractivity contribution in [2.75, 3.05) is 5.75 Å². The lowest BCUT2D eigenvalue weighted by molar-refractivity contribution is 0.236. The van der Waals surface area contributed by atoms with Gasteiger partial charge in [0, 0.05) is 26.0 Å². The van der Waals surface area contributed by atoms with Gasteiger partial charge in [-0.1, -0.05) is 20.8 Å². The third-order valence-electron chi connectivity index (χ3n) is 2.88. The number of aryl methyl sites for hydroxylation is 1. The first-order valence-corrected chi connectivity index (χ1v) is 5.82. The average molecular weight is 228 g/mol. The first-order valence-electron chi connectivity index (χ1n) is 5.19. The number of rotatable bonds is 3. The lowest BCUT2D eigenvalue weighted by Crippen LogP contribution is -2.31. The maximum absolute atomic E-state index is 11.6. The van der Waals surface area contributed by atoms with Crippen LogP contribution in [0.5, 0.6) is 0 Å². The first-order chi connectivity index (χ1) is 6.86. The van der Waals surface area contributed by atoms with Gasteiger partial charge in [-0.15, -0.1) is 0 Å². The van der Waals surface area contributed by atoms with Gasteiger partial charge in [-0.25, -0.2) is 4.79 Å². The maximum Gasteiger partial charge on any atom is 0.327 e. The van der Waals surface area contributed by atoms with Gasteiger partial charge in [-0.3, -0.25) is 4.57 Å². The van der Waals surface area contributed by atoms with E-state index in [-0.39, 0.29) is 11.1 Å². The summed E-state index contributed by atoms with van der Waals surface area (Å²) in [5.41, 5.74) is 0.225. The molecule has 0 aliphatic heterocycles. The predicted octanol–water partition coefficient (Wildman–Crippen LogP) is 1.78. The van der Waals surface area contributed by atoms with Gasteiger partial charge in [-0.2, -0.15) is 12.6 Å². The number of nitrogens with zero attached hydrogens (tertiary/aromatic N) is 2. The van der Waals surface area contributed by atoms with Crippen molar-refractivity contribution in [3.63, 3.8) is 0 Å². The van der Waals surface area contributed by atoms with E-state index in [9.17, 15) is 4.79 Å². The fraction of sp³-hybridized carbons (Fsp3) is 0.727. The highest BCUT2D eigenvalue weighted by Crippen LogP contribution is 2.27. The predicted molar refractivity (Wildman–Crippen MR) is 66.5 cm³/mol. The molecule has 0 aromatic carbocycles. The Kier molecular flexibility index (Phi) is 3.71. The monoisotopic (exact) mass is 228 g/mol. The van der Waals surface area contributed by atoms with Gasteiger partial charge in [0.15, 0.2) is 0 Å². The molecule has 0 spiro atoms. The molecule has 0 bridgehead atoms. The molecule has 1 aromatic rings. The minimum Gasteiger partial charge on any atom is -0.302 e. The van der Waals surface area contributed by atoms with Crippen LogP contribution in [0.3, 0.4) is 0 Å². The molecule has 0 amide bonds. The van der Waals surface area contributed by atoms with E-state index < -0.39 is 0 Å². The van der Waals surface area contributed by atoms with Gasteiger partial charge >= 0.3 is 5.69 Å². The third-order valence-corrected chi connectivity index (χ3v) is 3.32. The van der Waals surface area contributed by atoms with Crippen LogP contribution in [0.4, 0.5) is 0 Å². The number of hydrogen-bond donors (Lipinski definition) is 1. The summed E-state index contributed by atoms with van der Waals surface area (Å²) in [4.78, 5) is 11.6. The Morgan fingerprint density at radius 1 is 1.40 bits per heavy atom. The lowest BCUT2D eigenvalue weighted by atomic mass is 9.82. The van der Waals surface area contributed by atoms with E-state index in [0.717, 1.165) is 12.3 Å². The molecule has 3 nitrogen and oxygen atoms in total. The summed E-state index contributed by atoms with van der Waals surface area (Å²) in [6.07, 6.45) is 3.63. The molecule has 86 valence electrons. The van der Waals surface area contributed by atoms with E-state index in [0.29, 0.717) is 5.92 Å². The van der Waals surface area contributed by atoms with Crippen LogP contribution < -0.4 is 5.69 Å². The number of thiol groups is 1. The van der Waals surface area contributed by atoms with Crippen LogP contribution in [0.2, 0.25) is 0 Å². The normalized spacial score (nSPS) is 14.2. The summed E-state index contributed by atoms with van der Waals surface area (Å²) in [5, 5.41) is 0. The molecule has 1 atom stereocenters. The van der Waals surface area contributed by atoms with Gasteiger partial charge in [0.2, 0.25) is 0 Å². The van der Waals surface area contributed by atoms with Crippen LogP contribution in [0, 0.1) is 11.3 Å². The van der Waals surface area contributed by atoms with E-state index in [1.807, 2.05) is 6.20 Å². The van der Waals surface area contributed by atoms with Crippen molar-refractivity contribution in [3.05, 3.63) is 22.9 Å². The zero-order valence-corrected chi connectivity index (χ0v) is 10.8. The maximum atomic E-state index is 11.6. The molecular weight excluding hydrogens is 208 g/mol. The molecule has 0 aliphatic rings. The van der Waals surface area contributed by atoms with Gasteiger partial charge < -0.3 is 4.57 Å². The van der Waals surface area contributed by atoms with Gasteiger partial charge in [0.1, 0.15) is 0 Å². The molecule has 4 heteroatoms. The molecule has 0 fully saturated rings. The summed E-state index contributed by atoms with van der Waals surface area (Å²) in [7, 11) is 1.77. The van der Waals surface area contributed by atoms with Crippen LogP contribution in [-0.2, 0) is 13.6 Å². The van der Waals surface area contributed by atoms with Gasteiger partial charge in [0.25, 0.3) is 0 Å². The van der Waals surface area contributed by atoms with Crippen molar-refractivity contribution >= 4 is 12.6 Å². The number of hydrogen-bond acceptors (Lipinski definition) is 2. The molecule has 0 aliphatic carbocycles. The Labute approximate surface area is 96.5 Å². The van der Waals surface area contributed by atoms with E-state index in [1.165, 1.54) is 0 Å². The van der Waals surface area contributed by atoms with Crippen LogP contribution in [0.15, 0.2) is 17.2 Å². The fourth-order valence-electron chi connectivity index (χ4n) is 1.49. The van der Waals surface area contributed by atoms with Crippen LogP contribution >= 0.6 is 12.6 Å². The van der Waals surface area contributed by atoms with Crippen molar-refractivity contribution in [2.24, 2.45) is 18.4 Å². The molecule has 0 saturated heterocycles. The number of aromatic nitrogens is 2. The third kappa shape index (κ3) is 2.91. The van der Waals surface area contributed by atoms with E-state index in [4.69, 9.17) is 0 Å². The molecular formula is C11H20N2OS. The molecule has 0 saturated carbocycles. The Balaban J connectivity index is 2.85. The minimum absolute atomic E-state index is 0.0473. The largest absolute Gasteiger partial charge is 0.327 e. The average Bonchev–Trinajstić information content (AvgIpc) is 2.43. The molecule has 1 rings (SSSR count). The Morgan fingerprint density at radius 2 is 2.00 bits per heavy atom. The second-order valence-electron chi connectivity index (χ2n) is 5.09. The standard InChI is InChI=1S/C11H20N2OS/c1-11(2,3)9(8-15)7-13-6-5-12(4)10(13)14/h5-6,9,15H,7-8H2,1-4H3. The fourth-order valence-corrected chi connectivity index (χ4v) is 2.16. The summed E-state index contributed by atoms with van der Waals surface area (Å²) in [5.74, 6) is 1.20.